The summed E-state index contributed by atoms with van der Waals surface area (Å²) in [6.07, 6.45) is 4.48. The van der Waals surface area contributed by atoms with Crippen LogP contribution in [0.4, 0.5) is 5.69 Å². The monoisotopic (exact) mass is 453 g/mol. The standard InChI is InChI=1S/C23H23N3O5S/c1-3-30-14-15-31-21-10-7-18(23-24-12-13-25-23)16-20(21)26-22(27)11-6-17-4-8-19(9-5-17)32(2,28)29/h4-5,7-10,12-13,16H,3,14-15H2,1-2H3,(H,24,25)(H,26,27). The highest BCUT2D eigenvalue weighted by Gasteiger charge is 2.11. The van der Waals surface area contributed by atoms with E-state index in [0.717, 1.165) is 11.8 Å². The molecule has 0 bridgehead atoms. The topological polar surface area (TPSA) is 110 Å². The maximum absolute atomic E-state index is 12.5. The van der Waals surface area contributed by atoms with Gasteiger partial charge in [-0.2, -0.15) is 0 Å². The van der Waals surface area contributed by atoms with Crippen molar-refractivity contribution >= 4 is 21.4 Å². The Kier molecular flexibility index (Phi) is 7.65. The first-order valence-corrected chi connectivity index (χ1v) is 11.7. The molecule has 9 heteroatoms. The third kappa shape index (κ3) is 6.44. The molecule has 0 atom stereocenters. The molecule has 166 valence electrons. The Labute approximate surface area is 186 Å². The molecular formula is C23H23N3O5S. The maximum atomic E-state index is 12.5. The fraction of sp³-hybridized carbons (Fsp3) is 0.217. The number of carbonyl (C=O) groups is 1. The largest absolute Gasteiger partial charge is 0.489 e. The van der Waals surface area contributed by atoms with Crippen molar-refractivity contribution < 1.29 is 22.7 Å². The second-order valence-corrected chi connectivity index (χ2v) is 8.71. The second kappa shape index (κ2) is 10.6. The fourth-order valence-corrected chi connectivity index (χ4v) is 3.38. The summed E-state index contributed by atoms with van der Waals surface area (Å²) in [5.41, 5.74) is 1.74. The molecule has 1 aromatic heterocycles. The van der Waals surface area contributed by atoms with Crippen LogP contribution >= 0.6 is 0 Å². The highest BCUT2D eigenvalue weighted by atomic mass is 32.2. The van der Waals surface area contributed by atoms with Crippen LogP contribution < -0.4 is 10.1 Å². The third-order valence-electron chi connectivity index (χ3n) is 4.29. The summed E-state index contributed by atoms with van der Waals surface area (Å²) in [4.78, 5) is 19.9. The van der Waals surface area contributed by atoms with Gasteiger partial charge in [0.2, 0.25) is 0 Å². The van der Waals surface area contributed by atoms with Gasteiger partial charge in [-0.1, -0.05) is 5.92 Å². The normalized spacial score (nSPS) is 10.8. The molecule has 0 unspecified atom stereocenters. The highest BCUT2D eigenvalue weighted by Crippen LogP contribution is 2.29. The lowest BCUT2D eigenvalue weighted by Crippen LogP contribution is -2.12. The number of carbonyl (C=O) groups excluding carboxylic acids is 1. The van der Waals surface area contributed by atoms with Gasteiger partial charge in [-0.3, -0.25) is 4.79 Å². The Morgan fingerprint density at radius 1 is 1.16 bits per heavy atom. The van der Waals surface area contributed by atoms with E-state index in [4.69, 9.17) is 9.47 Å². The van der Waals surface area contributed by atoms with Crippen molar-refractivity contribution in [2.75, 3.05) is 31.4 Å². The van der Waals surface area contributed by atoms with Gasteiger partial charge < -0.3 is 19.8 Å². The van der Waals surface area contributed by atoms with Gasteiger partial charge >= 0.3 is 5.91 Å². The van der Waals surface area contributed by atoms with Crippen molar-refractivity contribution in [2.45, 2.75) is 11.8 Å². The van der Waals surface area contributed by atoms with Gasteiger partial charge in [-0.15, -0.1) is 0 Å². The van der Waals surface area contributed by atoms with Crippen LogP contribution in [0.5, 0.6) is 5.75 Å². The first-order valence-electron chi connectivity index (χ1n) is 9.84. The Bertz CT molecular complexity index is 1220. The van der Waals surface area contributed by atoms with Crippen molar-refractivity contribution in [1.82, 2.24) is 9.97 Å². The van der Waals surface area contributed by atoms with Crippen LogP contribution in [0.15, 0.2) is 59.8 Å². The van der Waals surface area contributed by atoms with Crippen molar-refractivity contribution in [3.63, 3.8) is 0 Å². The van der Waals surface area contributed by atoms with Gasteiger partial charge in [0, 0.05) is 42.3 Å². The zero-order chi connectivity index (χ0) is 23.0. The van der Waals surface area contributed by atoms with E-state index in [2.05, 4.69) is 27.1 Å². The van der Waals surface area contributed by atoms with Crippen LogP contribution in [0, 0.1) is 11.8 Å². The molecule has 0 fully saturated rings. The molecular weight excluding hydrogens is 430 g/mol. The van der Waals surface area contributed by atoms with Crippen LogP contribution in [0.1, 0.15) is 12.5 Å². The van der Waals surface area contributed by atoms with Gasteiger partial charge in [0.15, 0.2) is 9.84 Å². The average Bonchev–Trinajstić information content (AvgIpc) is 3.31. The van der Waals surface area contributed by atoms with Crippen LogP contribution in [0.25, 0.3) is 11.4 Å². The van der Waals surface area contributed by atoms with Crippen molar-refractivity contribution in [3.05, 3.63) is 60.4 Å². The second-order valence-electron chi connectivity index (χ2n) is 6.69. The summed E-state index contributed by atoms with van der Waals surface area (Å²) in [6.45, 7) is 3.24. The average molecular weight is 454 g/mol. The summed E-state index contributed by atoms with van der Waals surface area (Å²) >= 11 is 0. The number of rotatable bonds is 8. The van der Waals surface area contributed by atoms with Crippen LogP contribution in [0.2, 0.25) is 0 Å². The van der Waals surface area contributed by atoms with E-state index in [0.29, 0.717) is 42.6 Å². The molecule has 0 saturated heterocycles. The smallest absolute Gasteiger partial charge is 0.300 e. The highest BCUT2D eigenvalue weighted by molar-refractivity contribution is 7.90. The number of nitrogens with zero attached hydrogens (tertiary/aromatic N) is 1. The lowest BCUT2D eigenvalue weighted by Gasteiger charge is -2.12. The number of ether oxygens (including phenoxy) is 2. The molecule has 2 aromatic carbocycles. The molecule has 0 aliphatic carbocycles. The van der Waals surface area contributed by atoms with E-state index < -0.39 is 15.7 Å². The van der Waals surface area contributed by atoms with E-state index in [9.17, 15) is 13.2 Å². The van der Waals surface area contributed by atoms with Gasteiger partial charge in [-0.05, 0) is 49.4 Å². The minimum atomic E-state index is -3.29. The van der Waals surface area contributed by atoms with Crippen molar-refractivity contribution in [1.29, 1.82) is 0 Å². The van der Waals surface area contributed by atoms with E-state index in [-0.39, 0.29) is 4.90 Å². The number of hydrogen-bond acceptors (Lipinski definition) is 6. The number of benzene rings is 2. The molecule has 3 aromatic rings. The molecule has 0 aliphatic heterocycles. The van der Waals surface area contributed by atoms with Crippen molar-refractivity contribution in [2.24, 2.45) is 0 Å². The summed E-state index contributed by atoms with van der Waals surface area (Å²) in [6, 6.07) is 11.3. The lowest BCUT2D eigenvalue weighted by atomic mass is 10.1. The van der Waals surface area contributed by atoms with Gasteiger partial charge in [-0.25, -0.2) is 13.4 Å². The van der Waals surface area contributed by atoms with E-state index in [1.807, 2.05) is 13.0 Å². The first kappa shape index (κ1) is 23.1. The third-order valence-corrected chi connectivity index (χ3v) is 5.42. The quantitative estimate of drug-likeness (QED) is 0.401. The van der Waals surface area contributed by atoms with E-state index in [1.165, 1.54) is 12.1 Å². The van der Waals surface area contributed by atoms with Crippen LogP contribution in [-0.2, 0) is 19.4 Å². The number of sulfone groups is 1. The summed E-state index contributed by atoms with van der Waals surface area (Å²) in [7, 11) is -3.29. The van der Waals surface area contributed by atoms with Crippen LogP contribution in [-0.4, -0.2) is 50.4 Å². The Morgan fingerprint density at radius 2 is 1.94 bits per heavy atom. The summed E-state index contributed by atoms with van der Waals surface area (Å²) in [5.74, 6) is 5.83. The number of anilines is 1. The number of aromatic nitrogens is 2. The molecule has 1 amide bonds. The van der Waals surface area contributed by atoms with Crippen LogP contribution in [0.3, 0.4) is 0 Å². The Balaban J connectivity index is 1.77. The number of imidazole rings is 1. The molecule has 8 nitrogen and oxygen atoms in total. The van der Waals surface area contributed by atoms with E-state index in [1.54, 1.807) is 36.7 Å². The molecule has 32 heavy (non-hydrogen) atoms. The zero-order valence-corrected chi connectivity index (χ0v) is 18.5. The SMILES string of the molecule is CCOCCOc1ccc(-c2ncc[nH]2)cc1NC(=O)C#Cc1ccc(S(C)(=O)=O)cc1. The number of hydrogen-bond donors (Lipinski definition) is 2. The molecule has 0 saturated carbocycles. The van der Waals surface area contributed by atoms with Gasteiger partial charge in [0.05, 0.1) is 17.2 Å². The summed E-state index contributed by atoms with van der Waals surface area (Å²) in [5, 5.41) is 2.74. The number of H-pyrrole nitrogens is 1. The van der Waals surface area contributed by atoms with Gasteiger partial charge in [0.25, 0.3) is 0 Å². The molecule has 0 spiro atoms. The molecule has 0 radical (unpaired) electrons. The predicted octanol–water partition coefficient (Wildman–Crippen LogP) is 2.89. The number of nitrogens with one attached hydrogen (secondary N) is 2. The van der Waals surface area contributed by atoms with Gasteiger partial charge in [0.1, 0.15) is 18.2 Å². The molecule has 3 rings (SSSR count). The molecule has 2 N–H and O–H groups in total. The maximum Gasteiger partial charge on any atom is 0.300 e. The number of amides is 1. The molecule has 1 heterocycles. The first-order chi connectivity index (χ1) is 15.4. The minimum absolute atomic E-state index is 0.191. The van der Waals surface area contributed by atoms with E-state index >= 15 is 0 Å². The minimum Gasteiger partial charge on any atom is -0.489 e. The Morgan fingerprint density at radius 3 is 2.59 bits per heavy atom. The van der Waals surface area contributed by atoms with Crippen molar-refractivity contribution in [3.8, 4) is 29.0 Å². The summed E-state index contributed by atoms with van der Waals surface area (Å²) < 4.78 is 34.1. The fourth-order valence-electron chi connectivity index (χ4n) is 2.75. The number of aromatic amines is 1. The molecule has 0 aliphatic rings. The zero-order valence-electron chi connectivity index (χ0n) is 17.7. The lowest BCUT2D eigenvalue weighted by molar-refractivity contribution is -0.111. The predicted molar refractivity (Wildman–Crippen MR) is 121 cm³/mol. The Hall–Kier alpha value is -3.61.